The standard InChI is InChI=1S/C17H21N3O4S/c1-19-12-15(25(22,23)20-9-5-6-10-20)11-16(19)17(21)18-24-13-14-7-3-2-4-8-14/h2-4,7-8,11-12H,5-6,9-10,13H2,1H3,(H,18,21). The first-order chi connectivity index (χ1) is 12.0. The van der Waals surface area contributed by atoms with Crippen molar-refractivity contribution in [2.75, 3.05) is 13.1 Å². The Balaban J connectivity index is 1.66. The van der Waals surface area contributed by atoms with Crippen LogP contribution in [0.4, 0.5) is 0 Å². The Bertz CT molecular complexity index is 840. The molecule has 1 aliphatic heterocycles. The Kier molecular flexibility index (Phi) is 5.22. The van der Waals surface area contributed by atoms with Gasteiger partial charge in [-0.05, 0) is 24.5 Å². The normalized spacial score (nSPS) is 15.4. The molecule has 0 aliphatic carbocycles. The lowest BCUT2D eigenvalue weighted by molar-refractivity contribution is 0.0227. The summed E-state index contributed by atoms with van der Waals surface area (Å²) in [6.45, 7) is 1.29. The summed E-state index contributed by atoms with van der Waals surface area (Å²) in [6, 6.07) is 10.8. The number of hydrogen-bond donors (Lipinski definition) is 1. The van der Waals surface area contributed by atoms with Gasteiger partial charge in [0.15, 0.2) is 0 Å². The first kappa shape index (κ1) is 17.7. The zero-order valence-electron chi connectivity index (χ0n) is 14.0. The molecular formula is C17H21N3O4S. The van der Waals surface area contributed by atoms with Crippen molar-refractivity contribution >= 4 is 15.9 Å². The molecule has 7 nitrogen and oxygen atoms in total. The van der Waals surface area contributed by atoms with Gasteiger partial charge in [-0.3, -0.25) is 9.63 Å². The molecule has 0 spiro atoms. The van der Waals surface area contributed by atoms with Gasteiger partial charge in [-0.15, -0.1) is 0 Å². The lowest BCUT2D eigenvalue weighted by atomic mass is 10.2. The molecule has 0 radical (unpaired) electrons. The minimum absolute atomic E-state index is 0.130. The van der Waals surface area contributed by atoms with E-state index in [0.717, 1.165) is 18.4 Å². The van der Waals surface area contributed by atoms with Crippen molar-refractivity contribution in [3.63, 3.8) is 0 Å². The van der Waals surface area contributed by atoms with Crippen molar-refractivity contribution in [3.8, 4) is 0 Å². The summed E-state index contributed by atoms with van der Waals surface area (Å²) in [5.74, 6) is -0.485. The summed E-state index contributed by atoms with van der Waals surface area (Å²) in [7, 11) is -1.91. The van der Waals surface area contributed by atoms with Gasteiger partial charge in [0.05, 0.1) is 6.61 Å². The zero-order chi connectivity index (χ0) is 17.9. The van der Waals surface area contributed by atoms with Gasteiger partial charge in [-0.25, -0.2) is 13.9 Å². The Morgan fingerprint density at radius 3 is 2.56 bits per heavy atom. The third-order valence-corrected chi connectivity index (χ3v) is 6.03. The van der Waals surface area contributed by atoms with Gasteiger partial charge < -0.3 is 4.57 Å². The molecule has 1 aromatic heterocycles. The molecule has 25 heavy (non-hydrogen) atoms. The molecule has 134 valence electrons. The summed E-state index contributed by atoms with van der Waals surface area (Å²) in [6.07, 6.45) is 3.19. The number of nitrogens with one attached hydrogen (secondary N) is 1. The Hall–Kier alpha value is -2.16. The molecule has 1 saturated heterocycles. The minimum Gasteiger partial charge on any atom is -0.345 e. The van der Waals surface area contributed by atoms with E-state index in [2.05, 4.69) is 5.48 Å². The predicted octanol–water partition coefficient (Wildman–Crippen LogP) is 1.67. The fourth-order valence-electron chi connectivity index (χ4n) is 2.79. The minimum atomic E-state index is -3.55. The monoisotopic (exact) mass is 363 g/mol. The van der Waals surface area contributed by atoms with Crippen LogP contribution >= 0.6 is 0 Å². The van der Waals surface area contributed by atoms with Gasteiger partial charge in [0.1, 0.15) is 10.6 Å². The molecule has 8 heteroatoms. The molecule has 1 amide bonds. The number of carbonyl (C=O) groups is 1. The maximum Gasteiger partial charge on any atom is 0.291 e. The maximum atomic E-state index is 12.6. The van der Waals surface area contributed by atoms with Gasteiger partial charge in [0.2, 0.25) is 10.0 Å². The van der Waals surface area contributed by atoms with Gasteiger partial charge in [-0.2, -0.15) is 4.31 Å². The first-order valence-corrected chi connectivity index (χ1v) is 9.55. The molecule has 0 bridgehead atoms. The summed E-state index contributed by atoms with van der Waals surface area (Å²) in [5, 5.41) is 0. The van der Waals surface area contributed by atoms with Gasteiger partial charge in [0, 0.05) is 26.3 Å². The number of amides is 1. The van der Waals surface area contributed by atoms with Crippen molar-refractivity contribution in [2.24, 2.45) is 7.05 Å². The van der Waals surface area contributed by atoms with Crippen molar-refractivity contribution < 1.29 is 18.0 Å². The van der Waals surface area contributed by atoms with E-state index >= 15 is 0 Å². The highest BCUT2D eigenvalue weighted by molar-refractivity contribution is 7.89. The van der Waals surface area contributed by atoms with Gasteiger partial charge >= 0.3 is 0 Å². The van der Waals surface area contributed by atoms with Crippen molar-refractivity contribution in [1.82, 2.24) is 14.4 Å². The lowest BCUT2D eigenvalue weighted by Gasteiger charge is -2.13. The summed E-state index contributed by atoms with van der Waals surface area (Å²) >= 11 is 0. The van der Waals surface area contributed by atoms with E-state index in [-0.39, 0.29) is 17.2 Å². The number of benzene rings is 1. The van der Waals surface area contributed by atoms with Gasteiger partial charge in [0.25, 0.3) is 5.91 Å². The number of hydroxylamine groups is 1. The highest BCUT2D eigenvalue weighted by Crippen LogP contribution is 2.22. The van der Waals surface area contributed by atoms with Crippen LogP contribution in [0.25, 0.3) is 0 Å². The van der Waals surface area contributed by atoms with Crippen molar-refractivity contribution in [2.45, 2.75) is 24.3 Å². The Morgan fingerprint density at radius 2 is 1.88 bits per heavy atom. The topological polar surface area (TPSA) is 80.6 Å². The summed E-state index contributed by atoms with van der Waals surface area (Å²) in [4.78, 5) is 17.6. The molecule has 3 rings (SSSR count). The number of hydrogen-bond acceptors (Lipinski definition) is 4. The number of sulfonamides is 1. The quantitative estimate of drug-likeness (QED) is 0.792. The Morgan fingerprint density at radius 1 is 1.20 bits per heavy atom. The van der Waals surface area contributed by atoms with Crippen LogP contribution in [0.3, 0.4) is 0 Å². The number of aromatic nitrogens is 1. The molecule has 0 unspecified atom stereocenters. The number of carbonyl (C=O) groups excluding carboxylic acids is 1. The smallest absolute Gasteiger partial charge is 0.291 e. The van der Waals surface area contributed by atoms with E-state index in [1.54, 1.807) is 7.05 Å². The maximum absolute atomic E-state index is 12.6. The average Bonchev–Trinajstić information content (AvgIpc) is 3.26. The molecule has 1 aliphatic rings. The first-order valence-electron chi connectivity index (χ1n) is 8.11. The molecule has 2 aromatic rings. The molecule has 1 fully saturated rings. The third-order valence-electron chi connectivity index (χ3n) is 4.16. The second kappa shape index (κ2) is 7.38. The Labute approximate surface area is 147 Å². The number of nitrogens with zero attached hydrogens (tertiary/aromatic N) is 2. The van der Waals surface area contributed by atoms with Crippen LogP contribution in [0.15, 0.2) is 47.5 Å². The molecule has 0 saturated carbocycles. The number of rotatable bonds is 6. The third kappa shape index (κ3) is 3.92. The molecule has 1 aromatic carbocycles. The van der Waals surface area contributed by atoms with Crippen LogP contribution in [0.2, 0.25) is 0 Å². The van der Waals surface area contributed by atoms with Crippen molar-refractivity contribution in [1.29, 1.82) is 0 Å². The zero-order valence-corrected chi connectivity index (χ0v) is 14.8. The van der Waals surface area contributed by atoms with E-state index in [0.29, 0.717) is 13.1 Å². The molecular weight excluding hydrogens is 342 g/mol. The van der Waals surface area contributed by atoms with E-state index < -0.39 is 15.9 Å². The fourth-order valence-corrected chi connectivity index (χ4v) is 4.38. The van der Waals surface area contributed by atoms with Crippen LogP contribution in [-0.4, -0.2) is 36.3 Å². The average molecular weight is 363 g/mol. The van der Waals surface area contributed by atoms with Crippen LogP contribution in [0, 0.1) is 0 Å². The second-order valence-electron chi connectivity index (χ2n) is 5.99. The van der Waals surface area contributed by atoms with Crippen LogP contribution in [-0.2, 0) is 28.5 Å². The van der Waals surface area contributed by atoms with Crippen LogP contribution in [0.1, 0.15) is 28.9 Å². The SMILES string of the molecule is Cn1cc(S(=O)(=O)N2CCCC2)cc1C(=O)NOCc1ccccc1. The van der Waals surface area contributed by atoms with E-state index in [4.69, 9.17) is 4.84 Å². The largest absolute Gasteiger partial charge is 0.345 e. The van der Waals surface area contributed by atoms with E-state index in [1.165, 1.54) is 21.1 Å². The van der Waals surface area contributed by atoms with Gasteiger partial charge in [-0.1, -0.05) is 30.3 Å². The van der Waals surface area contributed by atoms with Crippen LogP contribution < -0.4 is 5.48 Å². The second-order valence-corrected chi connectivity index (χ2v) is 7.93. The molecule has 2 heterocycles. The highest BCUT2D eigenvalue weighted by atomic mass is 32.2. The summed E-state index contributed by atoms with van der Waals surface area (Å²) in [5.41, 5.74) is 3.51. The molecule has 0 atom stereocenters. The van der Waals surface area contributed by atoms with Crippen LogP contribution in [0.5, 0.6) is 0 Å². The van der Waals surface area contributed by atoms with Crippen molar-refractivity contribution in [3.05, 3.63) is 53.9 Å². The lowest BCUT2D eigenvalue weighted by Crippen LogP contribution is -2.27. The summed E-state index contributed by atoms with van der Waals surface area (Å²) < 4.78 is 28.1. The molecule has 1 N–H and O–H groups in total. The van der Waals surface area contributed by atoms with E-state index in [9.17, 15) is 13.2 Å². The predicted molar refractivity (Wildman–Crippen MR) is 92.1 cm³/mol. The fraction of sp³-hybridized carbons (Fsp3) is 0.353. The highest BCUT2D eigenvalue weighted by Gasteiger charge is 2.29. The number of aryl methyl sites for hydroxylation is 1. The van der Waals surface area contributed by atoms with E-state index in [1.807, 2.05) is 30.3 Å².